The molecule has 2 heterocycles. The maximum Gasteiger partial charge on any atom is 0.351 e. The molecule has 0 aliphatic carbocycles. The van der Waals surface area contributed by atoms with E-state index < -0.39 is 12.1 Å². The van der Waals surface area contributed by atoms with E-state index in [9.17, 15) is 9.18 Å². The Morgan fingerprint density at radius 1 is 1.16 bits per heavy atom. The summed E-state index contributed by atoms with van der Waals surface area (Å²) in [5.74, 6) is 0.201. The van der Waals surface area contributed by atoms with E-state index in [4.69, 9.17) is 14.2 Å². The van der Waals surface area contributed by atoms with Crippen LogP contribution in [-0.4, -0.2) is 23.7 Å². The maximum atomic E-state index is 13.8. The summed E-state index contributed by atoms with van der Waals surface area (Å²) in [4.78, 5) is 16.4. The third-order valence-corrected chi connectivity index (χ3v) is 3.94. The lowest BCUT2D eigenvalue weighted by atomic mass is 10.1. The lowest BCUT2D eigenvalue weighted by molar-refractivity contribution is -0.155. The molecular weight excluding hydrogens is 325 g/mol. The molecule has 0 N–H and O–H groups in total. The second-order valence-electron chi connectivity index (χ2n) is 5.58. The highest BCUT2D eigenvalue weighted by atomic mass is 19.1. The van der Waals surface area contributed by atoms with Crippen molar-refractivity contribution in [3.63, 3.8) is 0 Å². The normalized spacial score (nSPS) is 15.8. The van der Waals surface area contributed by atoms with E-state index in [0.717, 1.165) is 0 Å². The predicted octanol–water partition coefficient (Wildman–Crippen LogP) is 3.26. The van der Waals surface area contributed by atoms with Gasteiger partial charge in [0.1, 0.15) is 19.0 Å². The van der Waals surface area contributed by atoms with Crippen LogP contribution in [0.2, 0.25) is 0 Å². The standard InChI is InChI=1S/C19H14FNO4/c20-14-8-7-12(18-13(14)4-3-9-21-18)10-24-19(22)17-11-23-15-5-1-2-6-16(15)25-17/h1-9,17H,10-11H2. The summed E-state index contributed by atoms with van der Waals surface area (Å²) in [5.41, 5.74) is 1.10. The first-order valence-corrected chi connectivity index (χ1v) is 7.79. The van der Waals surface area contributed by atoms with Crippen LogP contribution in [0.5, 0.6) is 11.5 Å². The van der Waals surface area contributed by atoms with E-state index in [2.05, 4.69) is 4.98 Å². The van der Waals surface area contributed by atoms with Gasteiger partial charge in [-0.05, 0) is 30.3 Å². The lowest BCUT2D eigenvalue weighted by Crippen LogP contribution is -2.37. The number of fused-ring (bicyclic) bond motifs is 2. The second-order valence-corrected chi connectivity index (χ2v) is 5.58. The molecule has 1 unspecified atom stereocenters. The Hall–Kier alpha value is -3.15. The van der Waals surface area contributed by atoms with Gasteiger partial charge in [-0.3, -0.25) is 4.98 Å². The third kappa shape index (κ3) is 2.98. The number of carbonyl (C=O) groups excluding carboxylic acids is 1. The van der Waals surface area contributed by atoms with Gasteiger partial charge in [0.15, 0.2) is 11.5 Å². The molecule has 3 aromatic rings. The van der Waals surface area contributed by atoms with Gasteiger partial charge in [-0.1, -0.05) is 18.2 Å². The number of nitrogens with zero attached hydrogens (tertiary/aromatic N) is 1. The van der Waals surface area contributed by atoms with Crippen molar-refractivity contribution in [1.82, 2.24) is 4.98 Å². The largest absolute Gasteiger partial charge is 0.485 e. The summed E-state index contributed by atoms with van der Waals surface area (Å²) >= 11 is 0. The summed E-state index contributed by atoms with van der Waals surface area (Å²) in [5, 5.41) is 0.391. The van der Waals surface area contributed by atoms with Crippen LogP contribution in [0.4, 0.5) is 4.39 Å². The van der Waals surface area contributed by atoms with Crippen molar-refractivity contribution >= 4 is 16.9 Å². The molecule has 5 nitrogen and oxygen atoms in total. The number of halogens is 1. The summed E-state index contributed by atoms with van der Waals surface area (Å²) < 4.78 is 30.3. The van der Waals surface area contributed by atoms with Gasteiger partial charge in [0, 0.05) is 17.1 Å². The number of aromatic nitrogens is 1. The number of rotatable bonds is 3. The molecule has 6 heteroatoms. The fraction of sp³-hybridized carbons (Fsp3) is 0.158. The Bertz CT molecular complexity index is 944. The summed E-state index contributed by atoms with van der Waals surface area (Å²) in [6, 6.07) is 13.3. The molecule has 25 heavy (non-hydrogen) atoms. The molecule has 0 amide bonds. The summed E-state index contributed by atoms with van der Waals surface area (Å²) in [7, 11) is 0. The molecule has 0 saturated carbocycles. The number of ether oxygens (including phenoxy) is 3. The molecule has 1 aliphatic rings. The molecule has 1 aromatic heterocycles. The van der Waals surface area contributed by atoms with E-state index >= 15 is 0 Å². The Kier molecular flexibility index (Phi) is 3.93. The first-order valence-electron chi connectivity index (χ1n) is 7.79. The minimum absolute atomic E-state index is 0.0197. The first kappa shape index (κ1) is 15.4. The highest BCUT2D eigenvalue weighted by Crippen LogP contribution is 2.31. The van der Waals surface area contributed by atoms with Crippen molar-refractivity contribution in [1.29, 1.82) is 0 Å². The molecule has 2 aromatic carbocycles. The van der Waals surface area contributed by atoms with Crippen LogP contribution >= 0.6 is 0 Å². The fourth-order valence-corrected chi connectivity index (χ4v) is 2.69. The minimum Gasteiger partial charge on any atom is -0.485 e. The van der Waals surface area contributed by atoms with Crippen LogP contribution in [-0.2, 0) is 16.1 Å². The molecule has 0 spiro atoms. The van der Waals surface area contributed by atoms with Gasteiger partial charge in [-0.25, -0.2) is 9.18 Å². The van der Waals surface area contributed by atoms with Crippen LogP contribution in [0, 0.1) is 5.82 Å². The van der Waals surface area contributed by atoms with Gasteiger partial charge in [0.25, 0.3) is 0 Å². The fourth-order valence-electron chi connectivity index (χ4n) is 2.69. The van der Waals surface area contributed by atoms with Crippen LogP contribution in [0.25, 0.3) is 10.9 Å². The average Bonchev–Trinajstić information content (AvgIpc) is 2.67. The number of esters is 1. The van der Waals surface area contributed by atoms with Crippen molar-refractivity contribution < 1.29 is 23.4 Å². The molecule has 0 bridgehead atoms. The van der Waals surface area contributed by atoms with Crippen LogP contribution in [0.15, 0.2) is 54.7 Å². The van der Waals surface area contributed by atoms with E-state index in [1.807, 2.05) is 6.07 Å². The third-order valence-electron chi connectivity index (χ3n) is 3.94. The van der Waals surface area contributed by atoms with E-state index in [1.54, 1.807) is 42.6 Å². The zero-order valence-electron chi connectivity index (χ0n) is 13.1. The first-order chi connectivity index (χ1) is 12.2. The van der Waals surface area contributed by atoms with Crippen molar-refractivity contribution in [2.24, 2.45) is 0 Å². The zero-order valence-corrected chi connectivity index (χ0v) is 13.1. The highest BCUT2D eigenvalue weighted by Gasteiger charge is 2.28. The van der Waals surface area contributed by atoms with Crippen LogP contribution in [0.3, 0.4) is 0 Å². The number of pyridine rings is 1. The van der Waals surface area contributed by atoms with Crippen LogP contribution < -0.4 is 9.47 Å². The Balaban J connectivity index is 1.47. The molecular formula is C19H14FNO4. The molecule has 0 radical (unpaired) electrons. The highest BCUT2D eigenvalue weighted by molar-refractivity contribution is 5.82. The van der Waals surface area contributed by atoms with Gasteiger partial charge >= 0.3 is 5.97 Å². The molecule has 0 fully saturated rings. The van der Waals surface area contributed by atoms with E-state index in [1.165, 1.54) is 6.07 Å². The van der Waals surface area contributed by atoms with Gasteiger partial charge in [-0.2, -0.15) is 0 Å². The predicted molar refractivity (Wildman–Crippen MR) is 87.9 cm³/mol. The smallest absolute Gasteiger partial charge is 0.351 e. The Morgan fingerprint density at radius 3 is 2.88 bits per heavy atom. The molecule has 126 valence electrons. The monoisotopic (exact) mass is 339 g/mol. The van der Waals surface area contributed by atoms with Crippen molar-refractivity contribution in [2.45, 2.75) is 12.7 Å². The summed E-state index contributed by atoms with van der Waals surface area (Å²) in [6.07, 6.45) is 0.733. The van der Waals surface area contributed by atoms with Crippen molar-refractivity contribution in [2.75, 3.05) is 6.61 Å². The minimum atomic E-state index is -0.838. The van der Waals surface area contributed by atoms with E-state index in [0.29, 0.717) is 28.0 Å². The number of hydrogen-bond donors (Lipinski definition) is 0. The second kappa shape index (κ2) is 6.39. The zero-order chi connectivity index (χ0) is 17.2. The number of para-hydroxylation sites is 2. The Labute approximate surface area is 143 Å². The Morgan fingerprint density at radius 2 is 2.00 bits per heavy atom. The van der Waals surface area contributed by atoms with Crippen molar-refractivity contribution in [3.05, 3.63) is 66.1 Å². The number of carbonyl (C=O) groups is 1. The molecule has 0 saturated heterocycles. The number of hydrogen-bond acceptors (Lipinski definition) is 5. The lowest BCUT2D eigenvalue weighted by Gasteiger charge is -2.25. The molecule has 1 atom stereocenters. The number of benzene rings is 2. The quantitative estimate of drug-likeness (QED) is 0.686. The van der Waals surface area contributed by atoms with E-state index in [-0.39, 0.29) is 19.0 Å². The van der Waals surface area contributed by atoms with Crippen LogP contribution in [0.1, 0.15) is 5.56 Å². The molecule has 4 rings (SSSR count). The summed E-state index contributed by atoms with van der Waals surface area (Å²) in [6.45, 7) is 0.0619. The van der Waals surface area contributed by atoms with Gasteiger partial charge in [-0.15, -0.1) is 0 Å². The van der Waals surface area contributed by atoms with Gasteiger partial charge < -0.3 is 14.2 Å². The average molecular weight is 339 g/mol. The maximum absolute atomic E-state index is 13.8. The van der Waals surface area contributed by atoms with Crippen molar-refractivity contribution in [3.8, 4) is 11.5 Å². The van der Waals surface area contributed by atoms with Gasteiger partial charge in [0.2, 0.25) is 6.10 Å². The topological polar surface area (TPSA) is 57.7 Å². The van der Waals surface area contributed by atoms with Gasteiger partial charge in [0.05, 0.1) is 5.52 Å². The SMILES string of the molecule is O=C(OCc1ccc(F)c2cccnc12)C1COc2ccccc2O1. The molecule has 1 aliphatic heterocycles.